The van der Waals surface area contributed by atoms with E-state index in [0.717, 1.165) is 26.1 Å². The monoisotopic (exact) mass is 260 g/mol. The molecule has 1 rings (SSSR count). The normalized spacial score (nSPS) is 10.9. The predicted molar refractivity (Wildman–Crippen MR) is 63.4 cm³/mol. The number of hydrogen-bond acceptors (Lipinski definition) is 1. The van der Waals surface area contributed by atoms with Gasteiger partial charge in [-0.2, -0.15) is 0 Å². The zero-order chi connectivity index (χ0) is 9.52. The van der Waals surface area contributed by atoms with Crippen molar-refractivity contribution in [3.05, 3.63) is 29.8 Å². The van der Waals surface area contributed by atoms with Crippen molar-refractivity contribution in [2.45, 2.75) is 13.3 Å². The first-order chi connectivity index (χ1) is 6.34. The Bertz CT molecular complexity index is 252. The number of rotatable bonds is 5. The number of para-hydroxylation sites is 1. The van der Waals surface area contributed by atoms with Gasteiger partial charge < -0.3 is 4.74 Å². The Morgan fingerprint density at radius 3 is 2.85 bits per heavy atom. The molecule has 13 heavy (non-hydrogen) atoms. The highest BCUT2D eigenvalue weighted by molar-refractivity contribution is 9.36. The molecule has 1 nitrogen and oxygen atoms in total. The number of benzene rings is 1. The van der Waals surface area contributed by atoms with E-state index in [4.69, 9.17) is 4.74 Å². The SMILES string of the molecule is Cc1ccccc1OCCCPBr. The molecule has 0 fully saturated rings. The maximum absolute atomic E-state index is 5.62. The topological polar surface area (TPSA) is 9.23 Å². The lowest BCUT2D eigenvalue weighted by atomic mass is 10.2. The molecule has 0 radical (unpaired) electrons. The molecule has 0 bridgehead atoms. The summed E-state index contributed by atoms with van der Waals surface area (Å²) in [5.41, 5.74) is 1.21. The van der Waals surface area contributed by atoms with Gasteiger partial charge in [0.1, 0.15) is 5.75 Å². The second-order valence-electron chi connectivity index (χ2n) is 2.85. The molecule has 0 aliphatic heterocycles. The van der Waals surface area contributed by atoms with Crippen LogP contribution in [0.2, 0.25) is 0 Å². The Morgan fingerprint density at radius 1 is 1.38 bits per heavy atom. The highest BCUT2D eigenvalue weighted by atomic mass is 79.9. The Labute approximate surface area is 89.4 Å². The van der Waals surface area contributed by atoms with Crippen LogP contribution in [0, 0.1) is 6.92 Å². The quantitative estimate of drug-likeness (QED) is 0.579. The fourth-order valence-corrected chi connectivity index (χ4v) is 2.16. The summed E-state index contributed by atoms with van der Waals surface area (Å²) in [6.45, 7) is 2.89. The highest BCUT2D eigenvalue weighted by Gasteiger charge is 1.96. The molecule has 1 aromatic rings. The molecular formula is C10H14BrOP. The Balaban J connectivity index is 2.32. The number of aryl methyl sites for hydroxylation is 1. The molecule has 72 valence electrons. The van der Waals surface area contributed by atoms with Crippen molar-refractivity contribution >= 4 is 22.8 Å². The third-order valence-electron chi connectivity index (χ3n) is 1.77. The summed E-state index contributed by atoms with van der Waals surface area (Å²) in [6, 6.07) is 8.13. The van der Waals surface area contributed by atoms with E-state index >= 15 is 0 Å². The van der Waals surface area contributed by atoms with E-state index in [2.05, 4.69) is 28.5 Å². The van der Waals surface area contributed by atoms with E-state index in [1.54, 1.807) is 0 Å². The predicted octanol–water partition coefficient (Wildman–Crippen LogP) is 3.75. The molecule has 0 aromatic heterocycles. The molecule has 0 amide bonds. The van der Waals surface area contributed by atoms with Crippen LogP contribution in [0.5, 0.6) is 5.75 Å². The van der Waals surface area contributed by atoms with Crippen molar-refractivity contribution < 1.29 is 4.74 Å². The van der Waals surface area contributed by atoms with E-state index < -0.39 is 0 Å². The summed E-state index contributed by atoms with van der Waals surface area (Å²) in [6.07, 6.45) is 2.32. The molecule has 0 N–H and O–H groups in total. The molecular weight excluding hydrogens is 247 g/mol. The van der Waals surface area contributed by atoms with Crippen molar-refractivity contribution in [3.63, 3.8) is 0 Å². The summed E-state index contributed by atoms with van der Waals surface area (Å²) in [5.74, 6) is 1.01. The van der Waals surface area contributed by atoms with E-state index in [1.165, 1.54) is 11.7 Å². The van der Waals surface area contributed by atoms with E-state index in [1.807, 2.05) is 18.2 Å². The van der Waals surface area contributed by atoms with Crippen LogP contribution < -0.4 is 4.74 Å². The van der Waals surface area contributed by atoms with E-state index in [0.29, 0.717) is 0 Å². The van der Waals surface area contributed by atoms with Crippen LogP contribution in [0.15, 0.2) is 24.3 Å². The van der Waals surface area contributed by atoms with Crippen LogP contribution in [0.4, 0.5) is 0 Å². The molecule has 0 aliphatic carbocycles. The maximum Gasteiger partial charge on any atom is 0.122 e. The highest BCUT2D eigenvalue weighted by Crippen LogP contribution is 2.21. The Morgan fingerprint density at radius 2 is 2.15 bits per heavy atom. The van der Waals surface area contributed by atoms with Gasteiger partial charge in [-0.15, -0.1) is 0 Å². The lowest BCUT2D eigenvalue weighted by Crippen LogP contribution is -1.98. The lowest BCUT2D eigenvalue weighted by Gasteiger charge is -2.07. The molecule has 1 aromatic carbocycles. The third-order valence-corrected chi connectivity index (χ3v) is 3.50. The summed E-state index contributed by atoms with van der Waals surface area (Å²) in [7, 11) is 0.855. The Kier molecular flexibility index (Phi) is 5.41. The molecule has 0 saturated heterocycles. The van der Waals surface area contributed by atoms with Crippen LogP contribution in [0.25, 0.3) is 0 Å². The largest absolute Gasteiger partial charge is 0.493 e. The molecule has 0 saturated carbocycles. The van der Waals surface area contributed by atoms with Gasteiger partial charge in [0.05, 0.1) is 6.61 Å². The van der Waals surface area contributed by atoms with Crippen molar-refractivity contribution in [1.82, 2.24) is 0 Å². The van der Waals surface area contributed by atoms with Crippen LogP contribution in [-0.4, -0.2) is 12.8 Å². The minimum absolute atomic E-state index is 0.823. The summed E-state index contributed by atoms with van der Waals surface area (Å²) < 4.78 is 5.62. The van der Waals surface area contributed by atoms with Gasteiger partial charge in [-0.05, 0) is 31.1 Å². The number of ether oxygens (including phenoxy) is 1. The van der Waals surface area contributed by atoms with Gasteiger partial charge in [-0.3, -0.25) is 0 Å². The first-order valence-electron chi connectivity index (χ1n) is 4.36. The first-order valence-corrected chi connectivity index (χ1v) is 7.83. The average Bonchev–Trinajstić information content (AvgIpc) is 2.15. The molecule has 0 aliphatic rings. The van der Waals surface area contributed by atoms with Gasteiger partial charge in [0.25, 0.3) is 0 Å². The van der Waals surface area contributed by atoms with Crippen LogP contribution in [0.1, 0.15) is 12.0 Å². The number of halogens is 1. The summed E-state index contributed by atoms with van der Waals surface area (Å²) in [5, 5.41) is 0. The summed E-state index contributed by atoms with van der Waals surface area (Å²) in [4.78, 5) is 0. The second-order valence-corrected chi connectivity index (χ2v) is 5.30. The van der Waals surface area contributed by atoms with Crippen molar-refractivity contribution in [2.24, 2.45) is 0 Å². The van der Waals surface area contributed by atoms with E-state index in [-0.39, 0.29) is 0 Å². The van der Waals surface area contributed by atoms with Gasteiger partial charge in [0.15, 0.2) is 0 Å². The zero-order valence-electron chi connectivity index (χ0n) is 7.72. The smallest absolute Gasteiger partial charge is 0.122 e. The lowest BCUT2D eigenvalue weighted by molar-refractivity contribution is 0.316. The van der Waals surface area contributed by atoms with Gasteiger partial charge in [-0.25, -0.2) is 0 Å². The second kappa shape index (κ2) is 6.39. The average molecular weight is 261 g/mol. The maximum atomic E-state index is 5.62. The van der Waals surface area contributed by atoms with Crippen LogP contribution in [0.3, 0.4) is 0 Å². The van der Waals surface area contributed by atoms with Crippen LogP contribution >= 0.6 is 22.8 Å². The minimum Gasteiger partial charge on any atom is -0.493 e. The molecule has 1 unspecified atom stereocenters. The Hall–Kier alpha value is -0.0700. The molecule has 3 heteroatoms. The first kappa shape index (κ1) is 11.0. The fourth-order valence-electron chi connectivity index (χ4n) is 1.04. The fraction of sp³-hybridized carbons (Fsp3) is 0.400. The van der Waals surface area contributed by atoms with Crippen LogP contribution in [-0.2, 0) is 0 Å². The van der Waals surface area contributed by atoms with E-state index in [9.17, 15) is 0 Å². The summed E-state index contributed by atoms with van der Waals surface area (Å²) >= 11 is 3.42. The number of hydrogen-bond donors (Lipinski definition) is 0. The standard InChI is InChI=1S/C10H14BrOP/c1-9-5-2-3-6-10(9)12-7-4-8-13-11/h2-3,5-6,13H,4,7-8H2,1H3. The van der Waals surface area contributed by atoms with Crippen molar-refractivity contribution in [3.8, 4) is 5.75 Å². The van der Waals surface area contributed by atoms with Gasteiger partial charge in [0, 0.05) is 0 Å². The minimum atomic E-state index is 0.823. The molecule has 1 atom stereocenters. The van der Waals surface area contributed by atoms with Crippen molar-refractivity contribution in [1.29, 1.82) is 0 Å². The van der Waals surface area contributed by atoms with Gasteiger partial charge in [0.2, 0.25) is 0 Å². The van der Waals surface area contributed by atoms with Gasteiger partial charge >= 0.3 is 0 Å². The molecule has 0 spiro atoms. The van der Waals surface area contributed by atoms with Crippen molar-refractivity contribution in [2.75, 3.05) is 12.8 Å². The zero-order valence-corrected chi connectivity index (χ0v) is 10.3. The third kappa shape index (κ3) is 4.10. The molecule has 0 heterocycles. The van der Waals surface area contributed by atoms with Gasteiger partial charge in [-0.1, -0.05) is 41.0 Å².